The Kier molecular flexibility index (Phi) is 48.3. The van der Waals surface area contributed by atoms with E-state index in [-0.39, 0.29) is 44.0 Å². The molecule has 0 radical (unpaired) electrons. The molecular formula is C61H86O6. The third kappa shape index (κ3) is 51.1. The van der Waals surface area contributed by atoms with Crippen LogP contribution in [-0.4, -0.2) is 37.2 Å². The highest BCUT2D eigenvalue weighted by atomic mass is 16.6. The van der Waals surface area contributed by atoms with Crippen molar-refractivity contribution >= 4 is 17.9 Å². The molecule has 0 heterocycles. The summed E-state index contributed by atoms with van der Waals surface area (Å²) < 4.78 is 16.7. The lowest BCUT2D eigenvalue weighted by Crippen LogP contribution is -2.30. The first-order valence-electron chi connectivity index (χ1n) is 25.2. The second kappa shape index (κ2) is 52.9. The molecule has 0 aromatic carbocycles. The molecule has 6 nitrogen and oxygen atoms in total. The highest BCUT2D eigenvalue weighted by Gasteiger charge is 2.19. The van der Waals surface area contributed by atoms with Gasteiger partial charge in [-0.2, -0.15) is 0 Å². The molecule has 0 aromatic heterocycles. The lowest BCUT2D eigenvalue weighted by atomic mass is 10.1. The second-order valence-corrected chi connectivity index (χ2v) is 15.7. The molecule has 6 heteroatoms. The summed E-state index contributed by atoms with van der Waals surface area (Å²) in [6.07, 6.45) is 81.2. The summed E-state index contributed by atoms with van der Waals surface area (Å²) in [4.78, 5) is 37.9. The van der Waals surface area contributed by atoms with Crippen LogP contribution in [0.1, 0.15) is 149 Å². The molecule has 0 N–H and O–H groups in total. The van der Waals surface area contributed by atoms with Crippen molar-refractivity contribution in [1.29, 1.82) is 0 Å². The van der Waals surface area contributed by atoms with Crippen molar-refractivity contribution in [2.24, 2.45) is 0 Å². The number of unbranched alkanes of at least 4 members (excludes halogenated alkanes) is 11. The monoisotopic (exact) mass is 915 g/mol. The summed E-state index contributed by atoms with van der Waals surface area (Å²) in [5.74, 6) is -1.08. The topological polar surface area (TPSA) is 78.9 Å². The van der Waals surface area contributed by atoms with E-state index in [2.05, 4.69) is 69.4 Å². The van der Waals surface area contributed by atoms with Gasteiger partial charge in [-0.15, -0.1) is 0 Å². The zero-order valence-electron chi connectivity index (χ0n) is 41.6. The number of carbonyl (C=O) groups excluding carboxylic acids is 3. The number of hydrogen-bond acceptors (Lipinski definition) is 6. The van der Waals surface area contributed by atoms with Crippen molar-refractivity contribution in [2.75, 3.05) is 13.2 Å². The van der Waals surface area contributed by atoms with Crippen LogP contribution >= 0.6 is 0 Å². The first-order chi connectivity index (χ1) is 33.0. The van der Waals surface area contributed by atoms with Crippen LogP contribution in [0.2, 0.25) is 0 Å². The molecule has 67 heavy (non-hydrogen) atoms. The molecule has 0 aliphatic heterocycles. The van der Waals surface area contributed by atoms with Gasteiger partial charge in [0.1, 0.15) is 13.2 Å². The standard InChI is InChI=1S/C61H86O6/c1-4-7-10-13-16-19-22-24-26-28-30-32-34-36-39-42-45-48-51-54-60(63)66-57-58(56-65-59(62)53-50-47-44-41-38-21-18-15-12-9-6-3)67-61(64)55-52-49-46-43-40-37-35-33-31-29-27-25-23-20-17-14-11-8-5-2/h7-8,10-11,13-40,58H,4-6,9,12,41-57H2,1-3H3/b10-7-,11-8-,16-13-,17-14-,18-15-,22-19-,23-20-,26-24-,27-25-,30-28+,31-29+,34-32-,35-33-,38-21-,39-36-,40-37-. The fraction of sp³-hybridized carbons (Fsp3) is 0.426. The fourth-order valence-corrected chi connectivity index (χ4v) is 5.74. The molecule has 0 aliphatic rings. The van der Waals surface area contributed by atoms with Gasteiger partial charge in [0.15, 0.2) is 6.10 Å². The number of rotatable bonds is 41. The highest BCUT2D eigenvalue weighted by molar-refractivity contribution is 5.71. The van der Waals surface area contributed by atoms with E-state index in [1.165, 1.54) is 12.8 Å². The third-order valence-electron chi connectivity index (χ3n) is 9.48. The maximum Gasteiger partial charge on any atom is 0.306 e. The Morgan fingerprint density at radius 2 is 0.582 bits per heavy atom. The molecule has 0 bridgehead atoms. The Hall–Kier alpha value is -5.75. The van der Waals surface area contributed by atoms with Crippen LogP contribution in [0.4, 0.5) is 0 Å². The summed E-state index contributed by atoms with van der Waals surface area (Å²) in [6, 6.07) is 0. The van der Waals surface area contributed by atoms with Crippen molar-refractivity contribution in [3.05, 3.63) is 194 Å². The average Bonchev–Trinajstić information content (AvgIpc) is 3.33. The summed E-state index contributed by atoms with van der Waals surface area (Å²) in [5.41, 5.74) is 0. The Labute approximate surface area is 407 Å². The van der Waals surface area contributed by atoms with Crippen LogP contribution in [0.25, 0.3) is 0 Å². The van der Waals surface area contributed by atoms with E-state index in [9.17, 15) is 14.4 Å². The molecule has 1 unspecified atom stereocenters. The smallest absolute Gasteiger partial charge is 0.306 e. The molecule has 366 valence electrons. The second-order valence-electron chi connectivity index (χ2n) is 15.7. The molecule has 0 aromatic rings. The van der Waals surface area contributed by atoms with Gasteiger partial charge in [0.05, 0.1) is 0 Å². The normalized spacial score (nSPS) is 13.8. The van der Waals surface area contributed by atoms with Gasteiger partial charge >= 0.3 is 17.9 Å². The first-order valence-corrected chi connectivity index (χ1v) is 25.2. The number of esters is 3. The van der Waals surface area contributed by atoms with Crippen LogP contribution in [0.3, 0.4) is 0 Å². The van der Waals surface area contributed by atoms with E-state index in [0.29, 0.717) is 19.3 Å². The minimum atomic E-state index is -0.844. The molecule has 0 saturated carbocycles. The third-order valence-corrected chi connectivity index (χ3v) is 9.48. The van der Waals surface area contributed by atoms with E-state index in [1.54, 1.807) is 0 Å². The molecule has 0 amide bonds. The quantitative estimate of drug-likeness (QED) is 0.0263. The Morgan fingerprint density at radius 3 is 0.896 bits per heavy atom. The highest BCUT2D eigenvalue weighted by Crippen LogP contribution is 2.11. The van der Waals surface area contributed by atoms with Crippen LogP contribution in [-0.2, 0) is 28.6 Å². The summed E-state index contributed by atoms with van der Waals surface area (Å²) in [7, 11) is 0. The molecule has 1 atom stereocenters. The zero-order chi connectivity index (χ0) is 48.6. The molecule has 0 rings (SSSR count). The summed E-state index contributed by atoms with van der Waals surface area (Å²) in [5, 5.41) is 0. The molecule has 0 fully saturated rings. The van der Waals surface area contributed by atoms with Gasteiger partial charge in [0, 0.05) is 19.3 Å². The lowest BCUT2D eigenvalue weighted by Gasteiger charge is -2.18. The van der Waals surface area contributed by atoms with E-state index in [4.69, 9.17) is 14.2 Å². The Balaban J connectivity index is 4.67. The van der Waals surface area contributed by atoms with Crippen LogP contribution in [0.15, 0.2) is 194 Å². The SMILES string of the molecule is CC\C=C/C=C\C=C/C=C\C=C\C=C/C=C\CCCCCC(=O)OCC(COC(=O)CCCCC/C=C\C=C/CCCC)OC(=O)CCCCC\C=C/C=C\C=C\C=C/C=C\C=C/C=C\CC. The fourth-order valence-electron chi connectivity index (χ4n) is 5.74. The van der Waals surface area contributed by atoms with E-state index < -0.39 is 6.10 Å². The van der Waals surface area contributed by atoms with Gasteiger partial charge in [0.25, 0.3) is 0 Å². The predicted octanol–water partition coefficient (Wildman–Crippen LogP) is 16.7. The van der Waals surface area contributed by atoms with Crippen molar-refractivity contribution in [1.82, 2.24) is 0 Å². The van der Waals surface area contributed by atoms with Crippen LogP contribution in [0.5, 0.6) is 0 Å². The minimum Gasteiger partial charge on any atom is -0.462 e. The Bertz CT molecular complexity index is 1710. The number of allylic oxidation sites excluding steroid dienone is 32. The molecule has 0 spiro atoms. The largest absolute Gasteiger partial charge is 0.462 e. The van der Waals surface area contributed by atoms with Gasteiger partial charge in [-0.05, 0) is 77.0 Å². The van der Waals surface area contributed by atoms with Crippen molar-refractivity contribution in [3.63, 3.8) is 0 Å². The lowest BCUT2D eigenvalue weighted by molar-refractivity contribution is -0.167. The van der Waals surface area contributed by atoms with E-state index in [0.717, 1.165) is 83.5 Å². The number of ether oxygens (including phenoxy) is 3. The minimum absolute atomic E-state index is 0.138. The zero-order valence-corrected chi connectivity index (χ0v) is 41.6. The van der Waals surface area contributed by atoms with Gasteiger partial charge in [-0.3, -0.25) is 14.4 Å². The number of carbonyl (C=O) groups is 3. The van der Waals surface area contributed by atoms with Gasteiger partial charge in [-0.25, -0.2) is 0 Å². The maximum absolute atomic E-state index is 12.8. The van der Waals surface area contributed by atoms with E-state index >= 15 is 0 Å². The molecule has 0 saturated heterocycles. The Morgan fingerprint density at radius 1 is 0.313 bits per heavy atom. The number of hydrogen-bond donors (Lipinski definition) is 0. The summed E-state index contributed by atoms with van der Waals surface area (Å²) in [6.45, 7) is 6.14. The van der Waals surface area contributed by atoms with Crippen molar-refractivity contribution in [3.8, 4) is 0 Å². The average molecular weight is 915 g/mol. The van der Waals surface area contributed by atoms with Gasteiger partial charge in [0.2, 0.25) is 0 Å². The van der Waals surface area contributed by atoms with E-state index in [1.807, 2.05) is 146 Å². The van der Waals surface area contributed by atoms with Gasteiger partial charge in [-0.1, -0.05) is 247 Å². The summed E-state index contributed by atoms with van der Waals surface area (Å²) >= 11 is 0. The van der Waals surface area contributed by atoms with Crippen LogP contribution in [0, 0.1) is 0 Å². The predicted molar refractivity (Wildman–Crippen MR) is 287 cm³/mol. The molecule has 0 aliphatic carbocycles. The molecular weight excluding hydrogens is 829 g/mol. The van der Waals surface area contributed by atoms with Crippen LogP contribution < -0.4 is 0 Å². The van der Waals surface area contributed by atoms with Gasteiger partial charge < -0.3 is 14.2 Å². The maximum atomic E-state index is 12.8. The first kappa shape index (κ1) is 61.2. The van der Waals surface area contributed by atoms with Crippen molar-refractivity contribution in [2.45, 2.75) is 155 Å². The van der Waals surface area contributed by atoms with Crippen molar-refractivity contribution < 1.29 is 28.6 Å².